The number of aliphatic carboxylic acids is 1. The van der Waals surface area contributed by atoms with Crippen molar-refractivity contribution >= 4 is 59.0 Å². The highest BCUT2D eigenvalue weighted by atomic mass is 32.1. The van der Waals surface area contributed by atoms with E-state index in [0.29, 0.717) is 28.2 Å². The number of carbonyl (C=O) groups excluding carboxylic acids is 1. The van der Waals surface area contributed by atoms with E-state index in [1.54, 1.807) is 6.21 Å². The van der Waals surface area contributed by atoms with Crippen LogP contribution < -0.4 is 5.32 Å². The van der Waals surface area contributed by atoms with Crippen LogP contribution in [0.3, 0.4) is 0 Å². The van der Waals surface area contributed by atoms with Gasteiger partial charge in [0.2, 0.25) is 11.8 Å². The molecular formula is C20H21N3O4S2. The van der Waals surface area contributed by atoms with Crippen molar-refractivity contribution in [3.63, 3.8) is 0 Å². The first kappa shape index (κ1) is 20.9. The van der Waals surface area contributed by atoms with Gasteiger partial charge in [0, 0.05) is 30.3 Å². The molecule has 3 N–H and O–H groups in total. The lowest BCUT2D eigenvalue weighted by molar-refractivity contribution is -0.137. The van der Waals surface area contributed by atoms with Gasteiger partial charge in [-0.1, -0.05) is 24.6 Å². The van der Waals surface area contributed by atoms with Gasteiger partial charge in [-0.3, -0.25) is 19.1 Å². The summed E-state index contributed by atoms with van der Waals surface area (Å²) >= 11 is 6.55. The second-order valence-corrected chi connectivity index (χ2v) is 8.25. The molecule has 0 aliphatic carbocycles. The van der Waals surface area contributed by atoms with Gasteiger partial charge in [-0.2, -0.15) is 0 Å². The highest BCUT2D eigenvalue weighted by Crippen LogP contribution is 2.35. The summed E-state index contributed by atoms with van der Waals surface area (Å²) in [5.41, 5.74) is 2.74. The van der Waals surface area contributed by atoms with Gasteiger partial charge in [0.1, 0.15) is 6.54 Å². The zero-order valence-corrected chi connectivity index (χ0v) is 17.3. The fraction of sp³-hybridized carbons (Fsp3) is 0.300. The lowest BCUT2D eigenvalue weighted by Crippen LogP contribution is -2.28. The minimum absolute atomic E-state index is 0.0399. The SMILES string of the molecule is O=C(O)CCCCCNC(=O)Cn1c(O)c(/C=C2\C=Nc3ccccc32)sc1=S. The maximum atomic E-state index is 12.2. The number of unbranched alkanes of at least 4 members (excludes halogenated alkanes) is 2. The molecule has 1 aromatic heterocycles. The molecule has 1 aromatic carbocycles. The molecular weight excluding hydrogens is 410 g/mol. The summed E-state index contributed by atoms with van der Waals surface area (Å²) in [4.78, 5) is 27.5. The molecule has 29 heavy (non-hydrogen) atoms. The molecule has 0 atom stereocenters. The number of para-hydroxylation sites is 1. The second-order valence-electron chi connectivity index (χ2n) is 6.57. The number of fused-ring (bicyclic) bond motifs is 1. The maximum absolute atomic E-state index is 12.2. The summed E-state index contributed by atoms with van der Waals surface area (Å²) in [5, 5.41) is 21.9. The van der Waals surface area contributed by atoms with Crippen LogP contribution in [0.25, 0.3) is 11.6 Å². The number of carbonyl (C=O) groups is 2. The van der Waals surface area contributed by atoms with Gasteiger partial charge in [-0.05, 0) is 37.2 Å². The Balaban J connectivity index is 1.60. The Hall–Kier alpha value is -2.78. The summed E-state index contributed by atoms with van der Waals surface area (Å²) in [5.74, 6) is -1.10. The number of benzene rings is 1. The molecule has 1 aliphatic heterocycles. The van der Waals surface area contributed by atoms with Crippen molar-refractivity contribution in [3.8, 4) is 5.88 Å². The molecule has 0 bridgehead atoms. The molecule has 3 rings (SSSR count). The molecule has 0 spiro atoms. The number of carboxylic acids is 1. The van der Waals surface area contributed by atoms with E-state index < -0.39 is 5.97 Å². The highest BCUT2D eigenvalue weighted by Gasteiger charge is 2.16. The van der Waals surface area contributed by atoms with E-state index in [0.717, 1.165) is 23.2 Å². The fourth-order valence-corrected chi connectivity index (χ4v) is 4.21. The first-order chi connectivity index (χ1) is 14.0. The minimum Gasteiger partial charge on any atom is -0.493 e. The highest BCUT2D eigenvalue weighted by molar-refractivity contribution is 7.73. The number of aromatic nitrogens is 1. The number of carboxylic acid groups (broad SMARTS) is 1. The Morgan fingerprint density at radius 1 is 1.24 bits per heavy atom. The molecule has 0 fully saturated rings. The van der Waals surface area contributed by atoms with Crippen molar-refractivity contribution in [3.05, 3.63) is 38.7 Å². The van der Waals surface area contributed by atoms with Gasteiger partial charge in [0.05, 0.1) is 10.6 Å². The number of hydrogen-bond donors (Lipinski definition) is 3. The van der Waals surface area contributed by atoms with Crippen molar-refractivity contribution < 1.29 is 19.8 Å². The molecule has 1 aliphatic rings. The van der Waals surface area contributed by atoms with Crippen LogP contribution in [0.15, 0.2) is 29.3 Å². The molecule has 0 saturated carbocycles. The zero-order valence-electron chi connectivity index (χ0n) is 15.6. The van der Waals surface area contributed by atoms with Crippen LogP contribution >= 0.6 is 23.6 Å². The summed E-state index contributed by atoms with van der Waals surface area (Å²) in [7, 11) is 0. The molecule has 152 valence electrons. The van der Waals surface area contributed by atoms with E-state index in [9.17, 15) is 14.7 Å². The average Bonchev–Trinajstić information content (AvgIpc) is 3.21. The number of hydrogen-bond acceptors (Lipinski definition) is 6. The summed E-state index contributed by atoms with van der Waals surface area (Å²) in [6.07, 6.45) is 5.73. The smallest absolute Gasteiger partial charge is 0.303 e. The Morgan fingerprint density at radius 3 is 2.83 bits per heavy atom. The Labute approximate surface area is 177 Å². The standard InChI is InChI=1S/C20H21N3O4S2/c24-17(21-9-5-1-2-8-18(25)26)12-23-19(27)16(29-20(23)28)10-13-11-22-15-7-4-3-6-14(13)15/h3-4,6-7,10-11,27H,1-2,5,8-9,12H2,(H,21,24)(H,25,26)/b13-10+. The van der Waals surface area contributed by atoms with Gasteiger partial charge in [-0.25, -0.2) is 0 Å². The minimum atomic E-state index is -0.811. The number of nitrogens with one attached hydrogen (secondary N) is 1. The van der Waals surface area contributed by atoms with Crippen LogP contribution in [0.5, 0.6) is 5.88 Å². The number of aliphatic imine (C=N–C) groups is 1. The van der Waals surface area contributed by atoms with Crippen LogP contribution in [-0.2, 0) is 16.1 Å². The number of thiazole rings is 1. The third-order valence-electron chi connectivity index (χ3n) is 4.43. The van der Waals surface area contributed by atoms with E-state index in [2.05, 4.69) is 10.3 Å². The topological polar surface area (TPSA) is 104 Å². The van der Waals surface area contributed by atoms with Gasteiger partial charge in [-0.15, -0.1) is 11.3 Å². The first-order valence-electron chi connectivity index (χ1n) is 9.22. The van der Waals surface area contributed by atoms with Crippen molar-refractivity contribution in [1.29, 1.82) is 0 Å². The normalized spacial score (nSPS) is 13.6. The van der Waals surface area contributed by atoms with Crippen molar-refractivity contribution in [1.82, 2.24) is 9.88 Å². The predicted molar refractivity (Wildman–Crippen MR) is 116 cm³/mol. The maximum Gasteiger partial charge on any atom is 0.303 e. The molecule has 0 unspecified atom stereocenters. The van der Waals surface area contributed by atoms with Gasteiger partial charge < -0.3 is 15.5 Å². The molecule has 1 amide bonds. The van der Waals surface area contributed by atoms with Crippen LogP contribution in [0.4, 0.5) is 5.69 Å². The van der Waals surface area contributed by atoms with Crippen LogP contribution in [0, 0.1) is 3.95 Å². The van der Waals surface area contributed by atoms with E-state index in [4.69, 9.17) is 17.3 Å². The van der Waals surface area contributed by atoms with Crippen molar-refractivity contribution in [2.75, 3.05) is 6.54 Å². The van der Waals surface area contributed by atoms with Crippen LogP contribution in [0.2, 0.25) is 0 Å². The number of amides is 1. The quantitative estimate of drug-likeness (QED) is 0.411. The number of rotatable bonds is 9. The monoisotopic (exact) mass is 431 g/mol. The average molecular weight is 432 g/mol. The predicted octanol–water partition coefficient (Wildman–Crippen LogP) is 4.00. The van der Waals surface area contributed by atoms with E-state index in [1.807, 2.05) is 30.3 Å². The lowest BCUT2D eigenvalue weighted by Gasteiger charge is -2.07. The summed E-state index contributed by atoms with van der Waals surface area (Å²) < 4.78 is 1.82. The van der Waals surface area contributed by atoms with E-state index in [1.165, 1.54) is 15.9 Å². The van der Waals surface area contributed by atoms with Gasteiger partial charge >= 0.3 is 5.97 Å². The molecule has 0 radical (unpaired) electrons. The Kier molecular flexibility index (Phi) is 6.95. The number of nitrogens with zero attached hydrogens (tertiary/aromatic N) is 2. The zero-order chi connectivity index (χ0) is 20.8. The van der Waals surface area contributed by atoms with Gasteiger partial charge in [0.25, 0.3) is 0 Å². The second kappa shape index (κ2) is 9.62. The molecule has 2 aromatic rings. The van der Waals surface area contributed by atoms with Crippen molar-refractivity contribution in [2.45, 2.75) is 32.2 Å². The number of aromatic hydroxyl groups is 1. The summed E-state index contributed by atoms with van der Waals surface area (Å²) in [6, 6.07) is 7.74. The molecule has 2 heterocycles. The lowest BCUT2D eigenvalue weighted by atomic mass is 10.1. The molecule has 7 nitrogen and oxygen atoms in total. The van der Waals surface area contributed by atoms with E-state index >= 15 is 0 Å². The number of allylic oxidation sites excluding steroid dienone is 1. The molecule has 9 heteroatoms. The van der Waals surface area contributed by atoms with Gasteiger partial charge in [0.15, 0.2) is 3.95 Å². The largest absolute Gasteiger partial charge is 0.493 e. The van der Waals surface area contributed by atoms with Crippen LogP contribution in [0.1, 0.15) is 36.1 Å². The fourth-order valence-electron chi connectivity index (χ4n) is 2.95. The summed E-state index contributed by atoms with van der Waals surface area (Å²) in [6.45, 7) is 0.394. The Morgan fingerprint density at radius 2 is 2.03 bits per heavy atom. The first-order valence-corrected chi connectivity index (χ1v) is 10.4. The third-order valence-corrected chi connectivity index (χ3v) is 5.82. The van der Waals surface area contributed by atoms with E-state index in [-0.39, 0.29) is 24.8 Å². The Bertz CT molecular complexity index is 1040. The van der Waals surface area contributed by atoms with Crippen molar-refractivity contribution in [2.24, 2.45) is 4.99 Å². The molecule has 0 saturated heterocycles. The van der Waals surface area contributed by atoms with Crippen LogP contribution in [-0.4, -0.2) is 39.4 Å². The third kappa shape index (κ3) is 5.39.